The number of amides is 2. The molecule has 182 valence electrons. The van der Waals surface area contributed by atoms with Crippen molar-refractivity contribution in [1.82, 2.24) is 5.32 Å². The second-order valence-electron chi connectivity index (χ2n) is 7.60. The number of anilines is 1. The molecule has 0 aliphatic carbocycles. The van der Waals surface area contributed by atoms with Crippen LogP contribution in [0.3, 0.4) is 0 Å². The number of halogens is 1. The lowest BCUT2D eigenvalue weighted by molar-refractivity contribution is -0.143. The minimum Gasteiger partial charge on any atom is -0.466 e. The van der Waals surface area contributed by atoms with Crippen LogP contribution in [0.4, 0.5) is 10.5 Å². The average molecular weight is 487 g/mol. The third-order valence-corrected chi connectivity index (χ3v) is 5.27. The van der Waals surface area contributed by atoms with Crippen molar-refractivity contribution in [3.05, 3.63) is 71.3 Å². The van der Waals surface area contributed by atoms with E-state index in [2.05, 4.69) is 10.6 Å². The van der Waals surface area contributed by atoms with E-state index in [1.807, 2.05) is 42.5 Å². The van der Waals surface area contributed by atoms with Gasteiger partial charge in [-0.25, -0.2) is 4.79 Å². The summed E-state index contributed by atoms with van der Waals surface area (Å²) in [5.41, 5.74) is 0.462. The molecule has 2 aromatic carbocycles. The standard InChI is InChI=1S/C26H31ClN2O5/c1-3-33-23(30)15-18-26(19-16-24(31)34-4-2,17-14-20-8-6-5-7-9-20)29-25(32)28-22-12-10-21(27)11-13-22/h5-14,17H,3-4,15-16,18-19H2,1-2H3,(H2,28,29,32)/b17-14+. The van der Waals surface area contributed by atoms with E-state index in [0.29, 0.717) is 10.7 Å². The topological polar surface area (TPSA) is 93.7 Å². The summed E-state index contributed by atoms with van der Waals surface area (Å²) in [6, 6.07) is 15.8. The molecule has 0 aliphatic rings. The number of rotatable bonds is 12. The van der Waals surface area contributed by atoms with E-state index in [1.165, 1.54) is 0 Å². The molecule has 2 amide bonds. The number of urea groups is 1. The van der Waals surface area contributed by atoms with Crippen molar-refractivity contribution < 1.29 is 23.9 Å². The van der Waals surface area contributed by atoms with Crippen LogP contribution in [0.2, 0.25) is 5.02 Å². The fourth-order valence-electron chi connectivity index (χ4n) is 3.32. The molecule has 7 nitrogen and oxygen atoms in total. The van der Waals surface area contributed by atoms with Crippen molar-refractivity contribution in [2.75, 3.05) is 18.5 Å². The molecular formula is C26H31ClN2O5. The second-order valence-corrected chi connectivity index (χ2v) is 8.03. The van der Waals surface area contributed by atoms with Crippen LogP contribution in [0.5, 0.6) is 0 Å². The van der Waals surface area contributed by atoms with Crippen molar-refractivity contribution in [2.45, 2.75) is 45.1 Å². The molecule has 0 saturated heterocycles. The van der Waals surface area contributed by atoms with Crippen LogP contribution in [-0.2, 0) is 19.1 Å². The average Bonchev–Trinajstić information content (AvgIpc) is 2.82. The Morgan fingerprint density at radius 3 is 1.97 bits per heavy atom. The number of nitrogens with one attached hydrogen (secondary N) is 2. The quantitative estimate of drug-likeness (QED) is 0.381. The Kier molecular flexibility index (Phi) is 11.1. The zero-order chi connectivity index (χ0) is 24.8. The molecule has 0 heterocycles. The number of esters is 2. The summed E-state index contributed by atoms with van der Waals surface area (Å²) in [5, 5.41) is 6.30. The van der Waals surface area contributed by atoms with Gasteiger partial charge in [-0.3, -0.25) is 9.59 Å². The van der Waals surface area contributed by atoms with Gasteiger partial charge in [0.1, 0.15) is 0 Å². The Morgan fingerprint density at radius 2 is 1.44 bits per heavy atom. The first-order valence-corrected chi connectivity index (χ1v) is 11.6. The minimum absolute atomic E-state index is 0.0665. The van der Waals surface area contributed by atoms with E-state index in [-0.39, 0.29) is 50.8 Å². The van der Waals surface area contributed by atoms with Crippen molar-refractivity contribution in [1.29, 1.82) is 0 Å². The Morgan fingerprint density at radius 1 is 0.882 bits per heavy atom. The minimum atomic E-state index is -1.01. The molecule has 0 saturated carbocycles. The smallest absolute Gasteiger partial charge is 0.319 e. The first-order valence-electron chi connectivity index (χ1n) is 11.3. The van der Waals surface area contributed by atoms with Crippen LogP contribution in [0.15, 0.2) is 60.7 Å². The summed E-state index contributed by atoms with van der Waals surface area (Å²) < 4.78 is 10.2. The summed E-state index contributed by atoms with van der Waals surface area (Å²) in [4.78, 5) is 37.2. The van der Waals surface area contributed by atoms with Crippen LogP contribution in [0.1, 0.15) is 45.1 Å². The summed E-state index contributed by atoms with van der Waals surface area (Å²) in [6.07, 6.45) is 4.29. The molecule has 34 heavy (non-hydrogen) atoms. The molecule has 2 N–H and O–H groups in total. The molecule has 0 unspecified atom stereocenters. The molecule has 0 fully saturated rings. The van der Waals surface area contributed by atoms with Gasteiger partial charge in [0.2, 0.25) is 0 Å². The van der Waals surface area contributed by atoms with Gasteiger partial charge in [0.05, 0.1) is 18.8 Å². The second kappa shape index (κ2) is 14.1. The van der Waals surface area contributed by atoms with E-state index < -0.39 is 11.6 Å². The summed E-state index contributed by atoms with van der Waals surface area (Å²) in [7, 11) is 0. The van der Waals surface area contributed by atoms with E-state index in [4.69, 9.17) is 21.1 Å². The molecule has 0 bridgehead atoms. The van der Waals surface area contributed by atoms with Gasteiger partial charge >= 0.3 is 18.0 Å². The van der Waals surface area contributed by atoms with Gasteiger partial charge < -0.3 is 20.1 Å². The van der Waals surface area contributed by atoms with Gasteiger partial charge in [-0.05, 0) is 56.5 Å². The summed E-state index contributed by atoms with van der Waals surface area (Å²) in [5.74, 6) is -0.757. The monoisotopic (exact) mass is 486 g/mol. The van der Waals surface area contributed by atoms with Crippen molar-refractivity contribution >= 4 is 41.3 Å². The normalized spacial score (nSPS) is 11.1. The Labute approximate surface area is 205 Å². The molecule has 0 aliphatic heterocycles. The van der Waals surface area contributed by atoms with Gasteiger partial charge in [0.15, 0.2) is 0 Å². The maximum atomic E-state index is 12.9. The first-order chi connectivity index (χ1) is 16.4. The fourth-order valence-corrected chi connectivity index (χ4v) is 3.44. The highest BCUT2D eigenvalue weighted by Gasteiger charge is 2.31. The van der Waals surface area contributed by atoms with Gasteiger partial charge in [-0.15, -0.1) is 0 Å². The predicted molar refractivity (Wildman–Crippen MR) is 134 cm³/mol. The van der Waals surface area contributed by atoms with Crippen molar-refractivity contribution in [2.24, 2.45) is 0 Å². The fraction of sp³-hybridized carbons (Fsp3) is 0.346. The third kappa shape index (κ3) is 9.67. The van der Waals surface area contributed by atoms with Gasteiger partial charge in [-0.2, -0.15) is 0 Å². The van der Waals surface area contributed by atoms with E-state index in [1.54, 1.807) is 38.1 Å². The highest BCUT2D eigenvalue weighted by molar-refractivity contribution is 6.30. The SMILES string of the molecule is CCOC(=O)CCC(/C=C/c1ccccc1)(CCC(=O)OCC)NC(=O)Nc1ccc(Cl)cc1. The molecule has 2 aromatic rings. The van der Waals surface area contributed by atoms with Gasteiger partial charge in [-0.1, -0.05) is 54.1 Å². The third-order valence-electron chi connectivity index (χ3n) is 5.02. The number of ether oxygens (including phenoxy) is 2. The Balaban J connectivity index is 2.30. The first kappa shape index (κ1) is 26.9. The molecule has 0 spiro atoms. The highest BCUT2D eigenvalue weighted by atomic mass is 35.5. The molecular weight excluding hydrogens is 456 g/mol. The predicted octanol–water partition coefficient (Wildman–Crippen LogP) is 5.60. The van der Waals surface area contributed by atoms with Gasteiger partial charge in [0.25, 0.3) is 0 Å². The van der Waals surface area contributed by atoms with Gasteiger partial charge in [0, 0.05) is 23.6 Å². The van der Waals surface area contributed by atoms with Crippen LogP contribution < -0.4 is 10.6 Å². The van der Waals surface area contributed by atoms with E-state index >= 15 is 0 Å². The molecule has 0 aromatic heterocycles. The van der Waals surface area contributed by atoms with Crippen LogP contribution >= 0.6 is 11.6 Å². The highest BCUT2D eigenvalue weighted by Crippen LogP contribution is 2.25. The van der Waals surface area contributed by atoms with Crippen LogP contribution in [0.25, 0.3) is 6.08 Å². The van der Waals surface area contributed by atoms with Crippen LogP contribution in [-0.4, -0.2) is 36.7 Å². The summed E-state index contributed by atoms with van der Waals surface area (Å²) in [6.45, 7) is 4.00. The van der Waals surface area contributed by atoms with E-state index in [0.717, 1.165) is 5.56 Å². The summed E-state index contributed by atoms with van der Waals surface area (Å²) >= 11 is 5.92. The lowest BCUT2D eigenvalue weighted by atomic mass is 9.87. The Bertz CT molecular complexity index is 939. The molecule has 8 heteroatoms. The van der Waals surface area contributed by atoms with Crippen molar-refractivity contribution in [3.8, 4) is 0 Å². The maximum Gasteiger partial charge on any atom is 0.319 e. The molecule has 0 atom stereocenters. The zero-order valence-corrected chi connectivity index (χ0v) is 20.3. The number of hydrogen-bond donors (Lipinski definition) is 2. The number of carbonyl (C=O) groups excluding carboxylic acids is 3. The Hall–Kier alpha value is -3.32. The zero-order valence-electron chi connectivity index (χ0n) is 19.5. The van der Waals surface area contributed by atoms with Crippen molar-refractivity contribution in [3.63, 3.8) is 0 Å². The molecule has 0 radical (unpaired) electrons. The lowest BCUT2D eigenvalue weighted by Gasteiger charge is -2.32. The number of carbonyl (C=O) groups is 3. The molecule has 2 rings (SSSR count). The largest absolute Gasteiger partial charge is 0.466 e. The maximum absolute atomic E-state index is 12.9. The lowest BCUT2D eigenvalue weighted by Crippen LogP contribution is -2.49. The van der Waals surface area contributed by atoms with E-state index in [9.17, 15) is 14.4 Å². The number of hydrogen-bond acceptors (Lipinski definition) is 5. The van der Waals surface area contributed by atoms with Crippen LogP contribution in [0, 0.1) is 0 Å². The number of benzene rings is 2.